The fourth-order valence-electron chi connectivity index (χ4n) is 0.766. The third-order valence-corrected chi connectivity index (χ3v) is 2.35. The molecule has 3 nitrogen and oxygen atoms in total. The van der Waals surface area contributed by atoms with Gasteiger partial charge in [-0.05, 0) is 6.92 Å². The Bertz CT molecular complexity index is 234. The van der Waals surface area contributed by atoms with Crippen LogP contribution < -0.4 is 0 Å². The van der Waals surface area contributed by atoms with Crippen molar-refractivity contribution >= 4 is 17.8 Å². The molecule has 4 heteroatoms. The van der Waals surface area contributed by atoms with Crippen molar-refractivity contribution in [2.75, 3.05) is 6.61 Å². The van der Waals surface area contributed by atoms with Gasteiger partial charge in [-0.1, -0.05) is 0 Å². The molecule has 0 aromatic carbocycles. The van der Waals surface area contributed by atoms with Crippen molar-refractivity contribution in [1.82, 2.24) is 4.98 Å². The first-order valence-electron chi connectivity index (χ1n) is 3.29. The van der Waals surface area contributed by atoms with Gasteiger partial charge in [0.2, 0.25) is 0 Å². The van der Waals surface area contributed by atoms with Crippen LogP contribution in [-0.4, -0.2) is 18.1 Å². The largest absolute Gasteiger partial charge is 0.468 e. The van der Waals surface area contributed by atoms with Gasteiger partial charge in [0.25, 0.3) is 6.47 Å². The fraction of sp³-hybridized carbons (Fsp3) is 0.429. The predicted molar refractivity (Wildman–Crippen MR) is 42.6 cm³/mol. The van der Waals surface area contributed by atoms with Crippen LogP contribution in [0.3, 0.4) is 0 Å². The Labute approximate surface area is 69.0 Å². The van der Waals surface area contributed by atoms with E-state index >= 15 is 0 Å². The van der Waals surface area contributed by atoms with Gasteiger partial charge in [-0.2, -0.15) is 0 Å². The highest BCUT2D eigenvalue weighted by Gasteiger charge is 1.99. The number of aryl methyl sites for hydroxylation is 1. The van der Waals surface area contributed by atoms with E-state index in [1.807, 2.05) is 6.92 Å². The molecule has 0 unspecified atom stereocenters. The summed E-state index contributed by atoms with van der Waals surface area (Å²) < 4.78 is 4.56. The summed E-state index contributed by atoms with van der Waals surface area (Å²) in [5.41, 5.74) is 2.83. The lowest BCUT2D eigenvalue weighted by molar-refractivity contribution is -0.128. The van der Waals surface area contributed by atoms with Gasteiger partial charge in [0.1, 0.15) is 0 Å². The highest BCUT2D eigenvalue weighted by atomic mass is 32.1. The van der Waals surface area contributed by atoms with Crippen LogP contribution in [0.25, 0.3) is 0 Å². The fourth-order valence-corrected chi connectivity index (χ4v) is 1.53. The van der Waals surface area contributed by atoms with Crippen LogP contribution in [-0.2, 0) is 16.0 Å². The molecule has 60 valence electrons. The summed E-state index contributed by atoms with van der Waals surface area (Å²) in [6.07, 6.45) is 0.773. The minimum atomic E-state index is 0.451. The molecule has 0 radical (unpaired) electrons. The van der Waals surface area contributed by atoms with E-state index in [-0.39, 0.29) is 0 Å². The maximum atomic E-state index is 9.78. The van der Waals surface area contributed by atoms with E-state index in [1.165, 1.54) is 4.88 Å². The molecule has 0 fully saturated rings. The smallest absolute Gasteiger partial charge is 0.293 e. The van der Waals surface area contributed by atoms with Crippen LogP contribution in [0.2, 0.25) is 0 Å². The number of aromatic nitrogens is 1. The van der Waals surface area contributed by atoms with Gasteiger partial charge in [-0.15, -0.1) is 11.3 Å². The van der Waals surface area contributed by atoms with E-state index in [2.05, 4.69) is 9.72 Å². The lowest BCUT2D eigenvalue weighted by Gasteiger charge is -1.95. The Hall–Kier alpha value is -0.900. The Balaban J connectivity index is 2.38. The van der Waals surface area contributed by atoms with E-state index < -0.39 is 0 Å². The van der Waals surface area contributed by atoms with Crippen LogP contribution in [0.1, 0.15) is 10.6 Å². The highest BCUT2D eigenvalue weighted by molar-refractivity contribution is 7.09. The Kier molecular flexibility index (Phi) is 3.04. The van der Waals surface area contributed by atoms with Crippen LogP contribution in [0, 0.1) is 6.92 Å². The molecule has 1 aromatic heterocycles. The quantitative estimate of drug-likeness (QED) is 0.504. The molecule has 1 aromatic rings. The normalized spacial score (nSPS) is 9.55. The lowest BCUT2D eigenvalue weighted by atomic mass is 10.3. The van der Waals surface area contributed by atoms with Gasteiger partial charge in [0, 0.05) is 11.3 Å². The van der Waals surface area contributed by atoms with E-state index in [0.29, 0.717) is 13.1 Å². The number of ether oxygens (including phenoxy) is 1. The maximum absolute atomic E-state index is 9.78. The lowest BCUT2D eigenvalue weighted by Crippen LogP contribution is -1.95. The standard InChI is InChI=1S/C7H9NO2S/c1-6-7(11-4-8-6)2-3-10-5-9/h4-5H,2-3H2,1H3. The number of thiazole rings is 1. The van der Waals surface area contributed by atoms with Crippen LogP contribution in [0.5, 0.6) is 0 Å². The molecule has 0 aliphatic rings. The minimum Gasteiger partial charge on any atom is -0.468 e. The van der Waals surface area contributed by atoms with Crippen molar-refractivity contribution in [2.24, 2.45) is 0 Å². The topological polar surface area (TPSA) is 39.2 Å². The van der Waals surface area contributed by atoms with Gasteiger partial charge in [-0.25, -0.2) is 4.98 Å². The summed E-state index contributed by atoms with van der Waals surface area (Å²) in [4.78, 5) is 15.0. The van der Waals surface area contributed by atoms with Gasteiger partial charge in [0.05, 0.1) is 17.8 Å². The Morgan fingerprint density at radius 3 is 3.18 bits per heavy atom. The third kappa shape index (κ3) is 2.31. The van der Waals surface area contributed by atoms with E-state index in [9.17, 15) is 4.79 Å². The molecule has 0 saturated heterocycles. The first-order chi connectivity index (χ1) is 5.34. The Morgan fingerprint density at radius 1 is 1.82 bits per heavy atom. The molecule has 1 heterocycles. The average molecular weight is 171 g/mol. The minimum absolute atomic E-state index is 0.451. The second-order valence-electron chi connectivity index (χ2n) is 2.08. The summed E-state index contributed by atoms with van der Waals surface area (Å²) in [5.74, 6) is 0. The van der Waals surface area contributed by atoms with Crippen molar-refractivity contribution in [2.45, 2.75) is 13.3 Å². The maximum Gasteiger partial charge on any atom is 0.293 e. The molecular weight excluding hydrogens is 162 g/mol. The molecule has 0 aliphatic heterocycles. The van der Waals surface area contributed by atoms with Crippen molar-refractivity contribution < 1.29 is 9.53 Å². The molecule has 0 amide bonds. The second-order valence-corrected chi connectivity index (χ2v) is 3.02. The molecule has 0 atom stereocenters. The molecule has 11 heavy (non-hydrogen) atoms. The van der Waals surface area contributed by atoms with Gasteiger partial charge >= 0.3 is 0 Å². The molecule has 0 N–H and O–H groups in total. The third-order valence-electron chi connectivity index (χ3n) is 1.36. The van der Waals surface area contributed by atoms with Gasteiger partial charge in [0.15, 0.2) is 0 Å². The van der Waals surface area contributed by atoms with E-state index in [1.54, 1.807) is 16.8 Å². The van der Waals surface area contributed by atoms with E-state index in [0.717, 1.165) is 12.1 Å². The monoisotopic (exact) mass is 171 g/mol. The average Bonchev–Trinajstić information content (AvgIpc) is 2.37. The summed E-state index contributed by atoms with van der Waals surface area (Å²) in [5, 5.41) is 0. The molecular formula is C7H9NO2S. The highest BCUT2D eigenvalue weighted by Crippen LogP contribution is 2.12. The molecule has 0 bridgehead atoms. The van der Waals surface area contributed by atoms with Crippen LogP contribution in [0.15, 0.2) is 5.51 Å². The summed E-state index contributed by atoms with van der Waals surface area (Å²) in [6, 6.07) is 0. The summed E-state index contributed by atoms with van der Waals surface area (Å²) in [6.45, 7) is 2.87. The number of carbonyl (C=O) groups excluding carboxylic acids is 1. The van der Waals surface area contributed by atoms with Crippen LogP contribution in [0.4, 0.5) is 0 Å². The van der Waals surface area contributed by atoms with Gasteiger partial charge in [-0.3, -0.25) is 4.79 Å². The van der Waals surface area contributed by atoms with Crippen molar-refractivity contribution in [3.8, 4) is 0 Å². The first-order valence-corrected chi connectivity index (χ1v) is 4.16. The first kappa shape index (κ1) is 8.20. The van der Waals surface area contributed by atoms with Gasteiger partial charge < -0.3 is 4.74 Å². The number of hydrogen-bond acceptors (Lipinski definition) is 4. The number of nitrogens with zero attached hydrogens (tertiary/aromatic N) is 1. The SMILES string of the molecule is Cc1ncsc1CCOC=O. The Morgan fingerprint density at radius 2 is 2.64 bits per heavy atom. The zero-order valence-corrected chi connectivity index (χ0v) is 7.06. The predicted octanol–water partition coefficient (Wildman–Crippen LogP) is 1.17. The molecule has 0 saturated carbocycles. The number of carbonyl (C=O) groups is 1. The van der Waals surface area contributed by atoms with Crippen molar-refractivity contribution in [3.63, 3.8) is 0 Å². The number of rotatable bonds is 4. The van der Waals surface area contributed by atoms with E-state index in [4.69, 9.17) is 0 Å². The molecule has 1 rings (SSSR count). The second kappa shape index (κ2) is 4.08. The zero-order chi connectivity index (χ0) is 8.10. The summed E-state index contributed by atoms with van der Waals surface area (Å²) in [7, 11) is 0. The van der Waals surface area contributed by atoms with Crippen molar-refractivity contribution in [3.05, 3.63) is 16.1 Å². The number of hydrogen-bond donors (Lipinski definition) is 0. The summed E-state index contributed by atoms with van der Waals surface area (Å²) >= 11 is 1.59. The molecule has 0 spiro atoms. The van der Waals surface area contributed by atoms with Crippen molar-refractivity contribution in [1.29, 1.82) is 0 Å². The molecule has 0 aliphatic carbocycles. The van der Waals surface area contributed by atoms with Crippen LogP contribution >= 0.6 is 11.3 Å². The zero-order valence-electron chi connectivity index (χ0n) is 6.24.